The summed E-state index contributed by atoms with van der Waals surface area (Å²) in [7, 11) is 0. The van der Waals surface area contributed by atoms with Crippen LogP contribution in [0.1, 0.15) is 73.6 Å². The molecule has 5 rings (SSSR count). The van der Waals surface area contributed by atoms with Gasteiger partial charge in [0, 0.05) is 30.8 Å². The Kier molecular flexibility index (Phi) is 6.44. The minimum absolute atomic E-state index is 0.0183. The van der Waals surface area contributed by atoms with Gasteiger partial charge < -0.3 is 10.1 Å². The highest BCUT2D eigenvalue weighted by atomic mass is 19.1. The van der Waals surface area contributed by atoms with E-state index in [2.05, 4.69) is 20.6 Å². The number of carbonyl (C=O) groups excluding carboxylic acids is 1. The fourth-order valence-electron chi connectivity index (χ4n) is 5.09. The first kappa shape index (κ1) is 23.3. The predicted molar refractivity (Wildman–Crippen MR) is 129 cm³/mol. The molecule has 35 heavy (non-hydrogen) atoms. The number of amides is 1. The smallest absolute Gasteiger partial charge is 0.350 e. The van der Waals surface area contributed by atoms with Crippen molar-refractivity contribution >= 4 is 11.7 Å². The normalized spacial score (nSPS) is 17.1. The molecule has 3 aromatic rings. The average Bonchev–Trinajstić information content (AvgIpc) is 3.42. The summed E-state index contributed by atoms with van der Waals surface area (Å²) in [5, 5.41) is 13.8. The lowest BCUT2D eigenvalue weighted by molar-refractivity contribution is 0.0996. The van der Waals surface area contributed by atoms with Crippen LogP contribution in [0, 0.1) is 18.7 Å². The Morgan fingerprint density at radius 1 is 1.23 bits per heavy atom. The summed E-state index contributed by atoms with van der Waals surface area (Å²) < 4.78 is 24.4. The minimum atomic E-state index is -0.718. The number of aryl methyl sites for hydroxylation is 2. The third-order valence-corrected chi connectivity index (χ3v) is 7.18. The second kappa shape index (κ2) is 9.67. The molecule has 1 amide bonds. The number of ether oxygens (including phenoxy) is 1. The van der Waals surface area contributed by atoms with Crippen LogP contribution in [0.4, 0.5) is 10.2 Å². The molecule has 1 aromatic carbocycles. The molecule has 1 atom stereocenters. The molecule has 10 heteroatoms. The van der Waals surface area contributed by atoms with Crippen molar-refractivity contribution in [1.29, 1.82) is 0 Å². The Labute approximate surface area is 202 Å². The summed E-state index contributed by atoms with van der Waals surface area (Å²) in [6.45, 7) is 4.36. The third-order valence-electron chi connectivity index (χ3n) is 7.18. The van der Waals surface area contributed by atoms with E-state index < -0.39 is 11.7 Å². The number of nitrogens with zero attached hydrogens (tertiary/aromatic N) is 4. The second-order valence-electron chi connectivity index (χ2n) is 9.61. The summed E-state index contributed by atoms with van der Waals surface area (Å²) in [5.74, 6) is 0.336. The zero-order valence-corrected chi connectivity index (χ0v) is 20.1. The highest BCUT2D eigenvalue weighted by Gasteiger charge is 2.27. The average molecular weight is 483 g/mol. The third kappa shape index (κ3) is 4.61. The molecular formula is C25H31FN6O3. The molecule has 0 saturated heterocycles. The maximum Gasteiger partial charge on any atom is 0.350 e. The fourth-order valence-corrected chi connectivity index (χ4v) is 5.09. The highest BCUT2D eigenvalue weighted by molar-refractivity contribution is 6.06. The first-order valence-electron chi connectivity index (χ1n) is 12.4. The molecule has 2 aromatic heterocycles. The molecule has 0 bridgehead atoms. The summed E-state index contributed by atoms with van der Waals surface area (Å²) in [5.41, 5.74) is 0.404. The van der Waals surface area contributed by atoms with Crippen LogP contribution >= 0.6 is 0 Å². The van der Waals surface area contributed by atoms with Crippen molar-refractivity contribution in [1.82, 2.24) is 24.5 Å². The summed E-state index contributed by atoms with van der Waals surface area (Å²) >= 11 is 0. The van der Waals surface area contributed by atoms with E-state index in [9.17, 15) is 9.59 Å². The zero-order chi connectivity index (χ0) is 24.5. The van der Waals surface area contributed by atoms with Gasteiger partial charge in [0.2, 0.25) is 0 Å². The van der Waals surface area contributed by atoms with E-state index in [0.29, 0.717) is 30.5 Å². The van der Waals surface area contributed by atoms with Crippen LogP contribution in [0.25, 0.3) is 5.69 Å². The minimum Gasteiger partial charge on any atom is -0.490 e. The van der Waals surface area contributed by atoms with Gasteiger partial charge >= 0.3 is 5.69 Å². The van der Waals surface area contributed by atoms with Crippen LogP contribution in [0.5, 0.6) is 5.75 Å². The Balaban J connectivity index is 1.54. The van der Waals surface area contributed by atoms with Gasteiger partial charge in [0.1, 0.15) is 23.1 Å². The number of aromatic nitrogens is 5. The van der Waals surface area contributed by atoms with E-state index in [4.69, 9.17) is 4.74 Å². The lowest BCUT2D eigenvalue weighted by Crippen LogP contribution is -2.28. The van der Waals surface area contributed by atoms with Gasteiger partial charge in [0.25, 0.3) is 5.91 Å². The lowest BCUT2D eigenvalue weighted by Gasteiger charge is -2.29. The lowest BCUT2D eigenvalue weighted by atomic mass is 9.86. The molecule has 0 radical (unpaired) electrons. The molecule has 0 spiro atoms. The van der Waals surface area contributed by atoms with Crippen LogP contribution in [-0.4, -0.2) is 36.6 Å². The second-order valence-corrected chi connectivity index (χ2v) is 9.61. The van der Waals surface area contributed by atoms with Gasteiger partial charge in [0.05, 0.1) is 11.7 Å². The molecule has 1 aliphatic heterocycles. The molecule has 1 unspecified atom stereocenters. The number of H-pyrrole nitrogens is 1. The molecule has 1 aliphatic carbocycles. The van der Waals surface area contributed by atoms with E-state index in [1.54, 1.807) is 17.7 Å². The van der Waals surface area contributed by atoms with E-state index in [-0.39, 0.29) is 28.8 Å². The first-order valence-corrected chi connectivity index (χ1v) is 12.4. The number of anilines is 1. The monoisotopic (exact) mass is 482 g/mol. The van der Waals surface area contributed by atoms with Gasteiger partial charge in [-0.25, -0.2) is 9.18 Å². The van der Waals surface area contributed by atoms with E-state index in [1.807, 2.05) is 6.92 Å². The van der Waals surface area contributed by atoms with E-state index >= 15 is 4.39 Å². The Morgan fingerprint density at radius 3 is 2.74 bits per heavy atom. The molecule has 3 heterocycles. The number of hydrogen-bond donors (Lipinski definition) is 2. The van der Waals surface area contributed by atoms with Crippen LogP contribution in [0.3, 0.4) is 0 Å². The number of aromatic amines is 1. The molecule has 1 saturated carbocycles. The van der Waals surface area contributed by atoms with Crippen LogP contribution in [-0.2, 0) is 13.0 Å². The van der Waals surface area contributed by atoms with Gasteiger partial charge in [0.15, 0.2) is 5.82 Å². The quantitative estimate of drug-likeness (QED) is 0.549. The molecule has 2 aliphatic rings. The topological polar surface area (TPSA) is 107 Å². The molecule has 1 fully saturated rings. The number of benzene rings is 1. The number of nitrogens with one attached hydrogen (secondary N) is 2. The van der Waals surface area contributed by atoms with Gasteiger partial charge in [-0.3, -0.25) is 14.5 Å². The summed E-state index contributed by atoms with van der Waals surface area (Å²) in [6.07, 6.45) is 9.62. The molecule has 186 valence electrons. The Bertz CT molecular complexity index is 1290. The van der Waals surface area contributed by atoms with Crippen LogP contribution < -0.4 is 15.7 Å². The molecular weight excluding hydrogens is 451 g/mol. The van der Waals surface area contributed by atoms with Crippen molar-refractivity contribution in [2.24, 2.45) is 5.92 Å². The maximum absolute atomic E-state index is 15.4. The van der Waals surface area contributed by atoms with Crippen LogP contribution in [0.2, 0.25) is 0 Å². The van der Waals surface area contributed by atoms with E-state index in [1.165, 1.54) is 12.5 Å². The van der Waals surface area contributed by atoms with Crippen molar-refractivity contribution in [3.05, 3.63) is 51.6 Å². The largest absolute Gasteiger partial charge is 0.490 e. The highest BCUT2D eigenvalue weighted by Crippen LogP contribution is 2.32. The maximum atomic E-state index is 15.4. The number of fused-ring (bicyclic) bond motifs is 1. The van der Waals surface area contributed by atoms with Gasteiger partial charge in [-0.05, 0) is 51.5 Å². The zero-order valence-electron chi connectivity index (χ0n) is 20.1. The summed E-state index contributed by atoms with van der Waals surface area (Å²) in [6, 6.07) is 2.56. The van der Waals surface area contributed by atoms with Crippen molar-refractivity contribution in [3.63, 3.8) is 0 Å². The van der Waals surface area contributed by atoms with Crippen molar-refractivity contribution in [2.45, 2.75) is 77.9 Å². The Morgan fingerprint density at radius 2 is 2.03 bits per heavy atom. The number of rotatable bonds is 6. The predicted octanol–water partition coefficient (Wildman–Crippen LogP) is 4.14. The number of carbonyl (C=O) groups is 1. The first-order chi connectivity index (χ1) is 16.9. The standard InChI is InChI=1S/C25H31FN6O3/c1-15-14-27-29-23(15)28-24(33)18-12-19(26)20(32-25(34)31-11-7-6-10-22(31)30-32)13-21(18)35-16(2)17-8-4-3-5-9-17/h12-14,16-17H,3-11H2,1-2H3,(H2,27,28,29,33). The van der Waals surface area contributed by atoms with Gasteiger partial charge in [-0.1, -0.05) is 19.3 Å². The SMILES string of the molecule is Cc1c[nH]nc1NC(=O)c1cc(F)c(-n2nc3n(c2=O)CCCC3)cc1OC(C)C1CCCCC1. The fraction of sp³-hybridized carbons (Fsp3) is 0.520. The summed E-state index contributed by atoms with van der Waals surface area (Å²) in [4.78, 5) is 26.1. The molecule has 2 N–H and O–H groups in total. The van der Waals surface area contributed by atoms with Crippen molar-refractivity contribution in [3.8, 4) is 11.4 Å². The van der Waals surface area contributed by atoms with Gasteiger partial charge in [-0.15, -0.1) is 5.10 Å². The van der Waals surface area contributed by atoms with Crippen LogP contribution in [0.15, 0.2) is 23.1 Å². The van der Waals surface area contributed by atoms with Gasteiger partial charge in [-0.2, -0.15) is 9.78 Å². The van der Waals surface area contributed by atoms with E-state index in [0.717, 1.165) is 54.8 Å². The van der Waals surface area contributed by atoms with Crippen molar-refractivity contribution in [2.75, 3.05) is 5.32 Å². The Hall–Kier alpha value is -3.43. The number of halogens is 1. The molecule has 9 nitrogen and oxygen atoms in total. The number of hydrogen-bond acceptors (Lipinski definition) is 5. The van der Waals surface area contributed by atoms with Crippen molar-refractivity contribution < 1.29 is 13.9 Å².